The van der Waals surface area contributed by atoms with Gasteiger partial charge in [-0.25, -0.2) is 4.79 Å². The van der Waals surface area contributed by atoms with E-state index in [1.54, 1.807) is 12.1 Å². The molecular weight excluding hydrogens is 483 g/mol. The van der Waals surface area contributed by atoms with Crippen LogP contribution in [0.25, 0.3) is 17.2 Å². The van der Waals surface area contributed by atoms with Crippen LogP contribution in [0.2, 0.25) is 0 Å². The Bertz CT molecular complexity index is 1130. The molecule has 1 aliphatic carbocycles. The number of halogens is 4. The molecular formula is C25H19BrF3NO2. The summed E-state index contributed by atoms with van der Waals surface area (Å²) in [5.74, 6) is -0.0350. The standard InChI is InChI=1S/C25H19BrF3NO2/c26-23-12-11-16(14-22(23)25(27,28)29)6-5-13-30-24(31)32-15-21-19-9-3-1-7-17(19)18-8-2-4-10-20(18)21/h1-12,14,21H,13,15H2,(H,30,31). The van der Waals surface area contributed by atoms with Gasteiger partial charge in [0.05, 0.1) is 5.56 Å². The summed E-state index contributed by atoms with van der Waals surface area (Å²) in [6.45, 7) is 0.333. The Morgan fingerprint density at radius 2 is 1.62 bits per heavy atom. The van der Waals surface area contributed by atoms with Crippen molar-refractivity contribution in [1.29, 1.82) is 0 Å². The summed E-state index contributed by atoms with van der Waals surface area (Å²) in [5.41, 5.74) is 4.17. The minimum absolute atomic E-state index is 0.0149. The zero-order chi connectivity index (χ0) is 22.7. The van der Waals surface area contributed by atoms with Crippen LogP contribution in [0.1, 0.15) is 28.2 Å². The minimum Gasteiger partial charge on any atom is -0.449 e. The molecule has 0 spiro atoms. The van der Waals surface area contributed by atoms with E-state index in [-0.39, 0.29) is 23.5 Å². The van der Waals surface area contributed by atoms with Gasteiger partial charge >= 0.3 is 12.3 Å². The van der Waals surface area contributed by atoms with Crippen LogP contribution in [-0.2, 0) is 10.9 Å². The second kappa shape index (κ2) is 9.20. The molecule has 0 aliphatic heterocycles. The number of fused-ring (bicyclic) bond motifs is 3. The predicted octanol–water partition coefficient (Wildman–Crippen LogP) is 7.02. The molecule has 32 heavy (non-hydrogen) atoms. The summed E-state index contributed by atoms with van der Waals surface area (Å²) in [6.07, 6.45) is -1.93. The predicted molar refractivity (Wildman–Crippen MR) is 121 cm³/mol. The maximum atomic E-state index is 13.0. The van der Waals surface area contributed by atoms with E-state index >= 15 is 0 Å². The number of benzene rings is 3. The molecule has 3 aromatic carbocycles. The molecule has 7 heteroatoms. The molecule has 3 aromatic rings. The van der Waals surface area contributed by atoms with Gasteiger partial charge in [0.2, 0.25) is 0 Å². The highest BCUT2D eigenvalue weighted by Crippen LogP contribution is 2.44. The highest BCUT2D eigenvalue weighted by molar-refractivity contribution is 9.10. The fourth-order valence-electron chi connectivity index (χ4n) is 3.85. The van der Waals surface area contributed by atoms with Crippen LogP contribution in [0.15, 0.2) is 77.3 Å². The third-order valence-electron chi connectivity index (χ3n) is 5.31. The molecule has 0 saturated heterocycles. The van der Waals surface area contributed by atoms with Crippen LogP contribution in [0.3, 0.4) is 0 Å². The molecule has 4 rings (SSSR count). The van der Waals surface area contributed by atoms with Crippen LogP contribution in [0.5, 0.6) is 0 Å². The van der Waals surface area contributed by atoms with Gasteiger partial charge in [0.15, 0.2) is 0 Å². The molecule has 0 bridgehead atoms. The van der Waals surface area contributed by atoms with Crippen LogP contribution >= 0.6 is 15.9 Å². The van der Waals surface area contributed by atoms with Crippen molar-refractivity contribution < 1.29 is 22.7 Å². The van der Waals surface area contributed by atoms with Gasteiger partial charge < -0.3 is 10.1 Å². The SMILES string of the molecule is O=C(NCC=Cc1ccc(Br)c(C(F)(F)F)c1)OCC1c2ccccc2-c2ccccc21. The molecule has 0 radical (unpaired) electrons. The van der Waals surface area contributed by atoms with Gasteiger partial charge in [-0.05, 0) is 39.9 Å². The molecule has 0 aromatic heterocycles. The first-order valence-electron chi connectivity index (χ1n) is 9.96. The van der Waals surface area contributed by atoms with Gasteiger partial charge in [-0.2, -0.15) is 13.2 Å². The van der Waals surface area contributed by atoms with E-state index in [0.29, 0.717) is 5.56 Å². The Balaban J connectivity index is 1.33. The quantitative estimate of drug-likeness (QED) is 0.407. The summed E-state index contributed by atoms with van der Waals surface area (Å²) in [7, 11) is 0. The smallest absolute Gasteiger partial charge is 0.417 e. The lowest BCUT2D eigenvalue weighted by molar-refractivity contribution is -0.138. The molecule has 0 saturated carbocycles. The Morgan fingerprint density at radius 1 is 1.00 bits per heavy atom. The number of rotatable bonds is 5. The largest absolute Gasteiger partial charge is 0.449 e. The number of nitrogens with one attached hydrogen (secondary N) is 1. The van der Waals surface area contributed by atoms with Crippen LogP contribution in [0, 0.1) is 0 Å². The molecule has 3 nitrogen and oxygen atoms in total. The first kappa shape index (κ1) is 22.1. The topological polar surface area (TPSA) is 38.3 Å². The lowest BCUT2D eigenvalue weighted by Crippen LogP contribution is -2.26. The van der Waals surface area contributed by atoms with E-state index in [2.05, 4.69) is 33.4 Å². The van der Waals surface area contributed by atoms with Gasteiger partial charge in [-0.15, -0.1) is 0 Å². The van der Waals surface area contributed by atoms with E-state index in [0.717, 1.165) is 28.3 Å². The highest BCUT2D eigenvalue weighted by atomic mass is 79.9. The summed E-state index contributed by atoms with van der Waals surface area (Å²) >= 11 is 2.91. The van der Waals surface area contributed by atoms with Crippen LogP contribution < -0.4 is 5.32 Å². The van der Waals surface area contributed by atoms with E-state index in [1.165, 1.54) is 12.1 Å². The summed E-state index contributed by atoms with van der Waals surface area (Å²) < 4.78 is 44.4. The maximum Gasteiger partial charge on any atom is 0.417 e. The number of amides is 1. The van der Waals surface area contributed by atoms with Gasteiger partial charge in [-0.3, -0.25) is 0 Å². The van der Waals surface area contributed by atoms with Crippen molar-refractivity contribution in [2.45, 2.75) is 12.1 Å². The summed E-state index contributed by atoms with van der Waals surface area (Å²) in [4.78, 5) is 12.1. The summed E-state index contributed by atoms with van der Waals surface area (Å²) in [6, 6.07) is 20.1. The zero-order valence-corrected chi connectivity index (χ0v) is 18.4. The lowest BCUT2D eigenvalue weighted by Gasteiger charge is -2.14. The molecule has 1 amide bonds. The Labute approximate surface area is 192 Å². The van der Waals surface area contributed by atoms with Gasteiger partial charge in [-0.1, -0.05) is 82.7 Å². The molecule has 1 aliphatic rings. The number of alkyl carbamates (subject to hydrolysis) is 1. The van der Waals surface area contributed by atoms with E-state index in [1.807, 2.05) is 36.4 Å². The normalized spacial score (nSPS) is 13.1. The van der Waals surface area contributed by atoms with Crippen molar-refractivity contribution in [3.63, 3.8) is 0 Å². The average Bonchev–Trinajstić information content (AvgIpc) is 3.09. The third-order valence-corrected chi connectivity index (χ3v) is 6.01. The third kappa shape index (κ3) is 4.72. The Morgan fingerprint density at radius 3 is 2.25 bits per heavy atom. The van der Waals surface area contributed by atoms with Crippen molar-refractivity contribution in [2.75, 3.05) is 13.2 Å². The number of ether oxygens (including phenoxy) is 1. The average molecular weight is 502 g/mol. The van der Waals surface area contributed by atoms with Crippen molar-refractivity contribution in [3.05, 3.63) is 99.5 Å². The Kier molecular flexibility index (Phi) is 6.37. The first-order chi connectivity index (χ1) is 15.3. The molecule has 0 atom stereocenters. The second-order valence-electron chi connectivity index (χ2n) is 7.35. The van der Waals surface area contributed by atoms with Crippen molar-refractivity contribution in [2.24, 2.45) is 0 Å². The number of carbonyl (C=O) groups excluding carboxylic acids is 1. The highest BCUT2D eigenvalue weighted by Gasteiger charge is 2.33. The van der Waals surface area contributed by atoms with Crippen molar-refractivity contribution in [3.8, 4) is 11.1 Å². The van der Waals surface area contributed by atoms with E-state index in [4.69, 9.17) is 4.74 Å². The first-order valence-corrected chi connectivity index (χ1v) is 10.8. The van der Waals surface area contributed by atoms with Gasteiger partial charge in [0.25, 0.3) is 0 Å². The van der Waals surface area contributed by atoms with Gasteiger partial charge in [0, 0.05) is 16.9 Å². The van der Waals surface area contributed by atoms with Crippen LogP contribution in [0.4, 0.5) is 18.0 Å². The zero-order valence-electron chi connectivity index (χ0n) is 16.8. The molecule has 0 heterocycles. The van der Waals surface area contributed by atoms with E-state index in [9.17, 15) is 18.0 Å². The fraction of sp³-hybridized carbons (Fsp3) is 0.160. The monoisotopic (exact) mass is 501 g/mol. The Hall–Kier alpha value is -3.06. The minimum atomic E-state index is -4.44. The number of hydrogen-bond donors (Lipinski definition) is 1. The fourth-order valence-corrected chi connectivity index (χ4v) is 4.32. The number of hydrogen-bond acceptors (Lipinski definition) is 2. The maximum absolute atomic E-state index is 13.0. The van der Waals surface area contributed by atoms with Gasteiger partial charge in [0.1, 0.15) is 6.61 Å². The van der Waals surface area contributed by atoms with Crippen LogP contribution in [-0.4, -0.2) is 19.2 Å². The van der Waals surface area contributed by atoms with E-state index < -0.39 is 17.8 Å². The molecule has 0 fully saturated rings. The van der Waals surface area contributed by atoms with Crippen molar-refractivity contribution >= 4 is 28.1 Å². The van der Waals surface area contributed by atoms with Crippen molar-refractivity contribution in [1.82, 2.24) is 5.32 Å². The molecule has 164 valence electrons. The number of alkyl halides is 3. The molecule has 0 unspecified atom stereocenters. The second-order valence-corrected chi connectivity index (χ2v) is 8.20. The molecule has 1 N–H and O–H groups in total. The lowest BCUT2D eigenvalue weighted by atomic mass is 9.98. The number of carbonyl (C=O) groups is 1. The summed E-state index contributed by atoms with van der Waals surface area (Å²) in [5, 5.41) is 2.60.